The number of carbonyl (C=O) groups is 2. The van der Waals surface area contributed by atoms with Crippen LogP contribution in [0.3, 0.4) is 0 Å². The zero-order valence-corrected chi connectivity index (χ0v) is 19.0. The molecule has 5 rings (SSSR count). The molecule has 0 spiro atoms. The van der Waals surface area contributed by atoms with Crippen LogP contribution in [0.2, 0.25) is 0 Å². The van der Waals surface area contributed by atoms with E-state index in [1.807, 2.05) is 41.1 Å². The Morgan fingerprint density at radius 1 is 1.22 bits per heavy atom. The van der Waals surface area contributed by atoms with Gasteiger partial charge in [-0.2, -0.15) is 0 Å². The van der Waals surface area contributed by atoms with Gasteiger partial charge in [0, 0.05) is 23.8 Å². The van der Waals surface area contributed by atoms with Crippen LogP contribution in [0, 0.1) is 0 Å². The first-order valence-corrected chi connectivity index (χ1v) is 12.3. The van der Waals surface area contributed by atoms with Crippen LogP contribution in [-0.4, -0.2) is 29.1 Å². The number of fused-ring (bicyclic) bond motifs is 1. The van der Waals surface area contributed by atoms with Crippen molar-refractivity contribution in [3.63, 3.8) is 0 Å². The standard InChI is InChI=1S/C23H23N3O4S2/c27-20(24-12-16-13-32-22(25-16)19-2-1-9-31-19)5-7-23(8-6-21(28)26-23)11-15-3-4-17-18(10-15)30-14-29-17/h1-4,9-10,13H,5-8,11-12,14H2,(H,24,27)(H,26,28)/t23-/m1/s1. The first kappa shape index (κ1) is 21.0. The van der Waals surface area contributed by atoms with E-state index in [2.05, 4.69) is 15.6 Å². The third kappa shape index (κ3) is 4.63. The molecular formula is C23H23N3O4S2. The molecule has 0 bridgehead atoms. The fraction of sp³-hybridized carbons (Fsp3) is 0.348. The van der Waals surface area contributed by atoms with E-state index in [1.165, 1.54) is 0 Å². The lowest BCUT2D eigenvalue weighted by Crippen LogP contribution is -2.44. The second-order valence-corrected chi connectivity index (χ2v) is 9.90. The Balaban J connectivity index is 1.17. The minimum absolute atomic E-state index is 0.0368. The Labute approximate surface area is 193 Å². The topological polar surface area (TPSA) is 89.5 Å². The van der Waals surface area contributed by atoms with Gasteiger partial charge in [0.1, 0.15) is 5.01 Å². The number of rotatable bonds is 8. The molecule has 32 heavy (non-hydrogen) atoms. The predicted octanol–water partition coefficient (Wildman–Crippen LogP) is 3.89. The van der Waals surface area contributed by atoms with Crippen LogP contribution in [0.5, 0.6) is 11.5 Å². The Morgan fingerprint density at radius 2 is 2.12 bits per heavy atom. The number of benzene rings is 1. The third-order valence-corrected chi connectivity index (χ3v) is 7.73. The third-order valence-electron chi connectivity index (χ3n) is 5.80. The van der Waals surface area contributed by atoms with Crippen molar-refractivity contribution in [3.8, 4) is 21.4 Å². The molecule has 4 heterocycles. The van der Waals surface area contributed by atoms with Gasteiger partial charge >= 0.3 is 0 Å². The molecular weight excluding hydrogens is 446 g/mol. The number of carbonyl (C=O) groups excluding carboxylic acids is 2. The lowest BCUT2D eigenvalue weighted by molar-refractivity contribution is -0.122. The van der Waals surface area contributed by atoms with E-state index in [0.717, 1.165) is 32.6 Å². The molecule has 2 aliphatic heterocycles. The summed E-state index contributed by atoms with van der Waals surface area (Å²) in [5.41, 5.74) is 1.49. The maximum Gasteiger partial charge on any atom is 0.231 e. The van der Waals surface area contributed by atoms with E-state index in [0.29, 0.717) is 38.6 Å². The summed E-state index contributed by atoms with van der Waals surface area (Å²) in [4.78, 5) is 30.3. The molecule has 0 unspecified atom stereocenters. The fourth-order valence-electron chi connectivity index (χ4n) is 4.16. The van der Waals surface area contributed by atoms with Gasteiger partial charge in [-0.15, -0.1) is 22.7 Å². The highest BCUT2D eigenvalue weighted by Crippen LogP contribution is 2.36. The van der Waals surface area contributed by atoms with Crippen LogP contribution in [0.25, 0.3) is 9.88 Å². The molecule has 0 saturated carbocycles. The van der Waals surface area contributed by atoms with Gasteiger partial charge in [0.25, 0.3) is 0 Å². The van der Waals surface area contributed by atoms with Gasteiger partial charge in [-0.05, 0) is 48.4 Å². The van der Waals surface area contributed by atoms with Crippen molar-refractivity contribution in [3.05, 3.63) is 52.3 Å². The molecule has 0 aliphatic carbocycles. The summed E-state index contributed by atoms with van der Waals surface area (Å²) >= 11 is 3.24. The fourth-order valence-corrected chi connectivity index (χ4v) is 5.79. The predicted molar refractivity (Wildman–Crippen MR) is 123 cm³/mol. The molecule has 2 N–H and O–H groups in total. The summed E-state index contributed by atoms with van der Waals surface area (Å²) < 4.78 is 10.9. The minimum atomic E-state index is -0.422. The van der Waals surface area contributed by atoms with Gasteiger partial charge < -0.3 is 20.1 Å². The summed E-state index contributed by atoms with van der Waals surface area (Å²) in [6, 6.07) is 9.90. The van der Waals surface area contributed by atoms with Crippen LogP contribution in [0.4, 0.5) is 0 Å². The maximum absolute atomic E-state index is 12.6. The number of nitrogens with zero attached hydrogens (tertiary/aromatic N) is 1. The quantitative estimate of drug-likeness (QED) is 0.523. The van der Waals surface area contributed by atoms with Crippen LogP contribution >= 0.6 is 22.7 Å². The van der Waals surface area contributed by atoms with Crippen molar-refractivity contribution < 1.29 is 19.1 Å². The molecule has 2 amide bonds. The number of nitrogens with one attached hydrogen (secondary N) is 2. The molecule has 2 aromatic heterocycles. The highest BCUT2D eigenvalue weighted by molar-refractivity contribution is 7.20. The Hall–Kier alpha value is -2.91. The van der Waals surface area contributed by atoms with Crippen molar-refractivity contribution in [1.29, 1.82) is 0 Å². The zero-order chi connectivity index (χ0) is 22.0. The van der Waals surface area contributed by atoms with Gasteiger partial charge in [0.05, 0.1) is 17.1 Å². The first-order chi connectivity index (χ1) is 15.6. The van der Waals surface area contributed by atoms with E-state index < -0.39 is 5.54 Å². The number of thiophene rings is 1. The highest BCUT2D eigenvalue weighted by Gasteiger charge is 2.38. The average molecular weight is 470 g/mol. The van der Waals surface area contributed by atoms with Crippen molar-refractivity contribution >= 4 is 34.5 Å². The van der Waals surface area contributed by atoms with Crippen LogP contribution < -0.4 is 20.1 Å². The Morgan fingerprint density at radius 3 is 2.94 bits per heavy atom. The number of amides is 2. The van der Waals surface area contributed by atoms with Crippen LogP contribution in [-0.2, 0) is 22.6 Å². The number of ether oxygens (including phenoxy) is 2. The van der Waals surface area contributed by atoms with E-state index in [-0.39, 0.29) is 18.6 Å². The molecule has 166 valence electrons. The van der Waals surface area contributed by atoms with E-state index in [1.54, 1.807) is 22.7 Å². The molecule has 1 aromatic carbocycles. The van der Waals surface area contributed by atoms with Gasteiger partial charge in [-0.25, -0.2) is 4.98 Å². The Kier molecular flexibility index (Phi) is 5.84. The number of thiazole rings is 1. The second kappa shape index (κ2) is 8.91. The molecule has 3 aromatic rings. The van der Waals surface area contributed by atoms with Crippen LogP contribution in [0.15, 0.2) is 41.1 Å². The smallest absolute Gasteiger partial charge is 0.231 e. The molecule has 2 aliphatic rings. The van der Waals surface area contributed by atoms with E-state index >= 15 is 0 Å². The molecule has 9 heteroatoms. The first-order valence-electron chi connectivity index (χ1n) is 10.5. The lowest BCUT2D eigenvalue weighted by atomic mass is 9.85. The monoisotopic (exact) mass is 469 g/mol. The largest absolute Gasteiger partial charge is 0.454 e. The van der Waals surface area contributed by atoms with E-state index in [9.17, 15) is 9.59 Å². The SMILES string of the molecule is O=C(CC[C@]1(Cc2ccc3c(c2)OCO3)CCC(=O)N1)NCc1csc(-c2cccs2)n1. The average Bonchev–Trinajstić information content (AvgIpc) is 3.58. The van der Waals surface area contributed by atoms with Gasteiger partial charge in [0.2, 0.25) is 18.6 Å². The van der Waals surface area contributed by atoms with Gasteiger partial charge in [0.15, 0.2) is 11.5 Å². The molecule has 1 atom stereocenters. The zero-order valence-electron chi connectivity index (χ0n) is 17.4. The van der Waals surface area contributed by atoms with Crippen molar-refractivity contribution in [2.24, 2.45) is 0 Å². The number of hydrogen-bond donors (Lipinski definition) is 2. The lowest BCUT2D eigenvalue weighted by Gasteiger charge is -2.29. The molecule has 1 saturated heterocycles. The summed E-state index contributed by atoms with van der Waals surface area (Å²) in [5.74, 6) is 1.46. The van der Waals surface area contributed by atoms with E-state index in [4.69, 9.17) is 9.47 Å². The number of hydrogen-bond acceptors (Lipinski definition) is 7. The second-order valence-electron chi connectivity index (χ2n) is 8.09. The van der Waals surface area contributed by atoms with Crippen molar-refractivity contribution in [2.45, 2.75) is 44.2 Å². The molecule has 1 fully saturated rings. The summed E-state index contributed by atoms with van der Waals surface area (Å²) in [7, 11) is 0. The van der Waals surface area contributed by atoms with Gasteiger partial charge in [-0.3, -0.25) is 9.59 Å². The van der Waals surface area contributed by atoms with Crippen molar-refractivity contribution in [2.75, 3.05) is 6.79 Å². The van der Waals surface area contributed by atoms with Crippen molar-refractivity contribution in [1.82, 2.24) is 15.6 Å². The summed E-state index contributed by atoms with van der Waals surface area (Å²) in [6.07, 6.45) is 2.77. The molecule has 0 radical (unpaired) electrons. The highest BCUT2D eigenvalue weighted by atomic mass is 32.1. The van der Waals surface area contributed by atoms with Crippen LogP contribution in [0.1, 0.15) is 36.9 Å². The van der Waals surface area contributed by atoms with Gasteiger partial charge in [-0.1, -0.05) is 12.1 Å². The summed E-state index contributed by atoms with van der Waals surface area (Å²) in [5, 5.41) is 11.1. The normalized spacial score (nSPS) is 19.2. The maximum atomic E-state index is 12.6. The number of aromatic nitrogens is 1. The Bertz CT molecular complexity index is 1130. The minimum Gasteiger partial charge on any atom is -0.454 e. The summed E-state index contributed by atoms with van der Waals surface area (Å²) in [6.45, 7) is 0.636. The molecule has 7 nitrogen and oxygen atoms in total.